The molecule has 0 bridgehead atoms. The Labute approximate surface area is 237 Å². The summed E-state index contributed by atoms with van der Waals surface area (Å²) in [4.78, 5) is 19.4. The Morgan fingerprint density at radius 1 is 0.927 bits per heavy atom. The zero-order valence-electron chi connectivity index (χ0n) is 22.8. The van der Waals surface area contributed by atoms with E-state index in [1.807, 2.05) is 23.1 Å². The summed E-state index contributed by atoms with van der Waals surface area (Å²) in [6.07, 6.45) is -2.03. The summed E-state index contributed by atoms with van der Waals surface area (Å²) in [5.74, 6) is -0.114. The smallest absolute Gasteiger partial charge is 0.382 e. The predicted octanol–water partition coefficient (Wildman–Crippen LogP) is 5.87. The average Bonchev–Trinajstić information content (AvgIpc) is 2.97. The van der Waals surface area contributed by atoms with Crippen LogP contribution in [0.5, 0.6) is 0 Å². The van der Waals surface area contributed by atoms with E-state index in [9.17, 15) is 22.4 Å². The lowest BCUT2D eigenvalue weighted by Crippen LogP contribution is -2.47. The monoisotopic (exact) mass is 567 g/mol. The van der Waals surface area contributed by atoms with Crippen LogP contribution in [-0.4, -0.2) is 67.6 Å². The van der Waals surface area contributed by atoms with Gasteiger partial charge in [0.05, 0.1) is 17.2 Å². The number of anilines is 2. The first-order valence-electron chi connectivity index (χ1n) is 14.0. The first-order chi connectivity index (χ1) is 19.7. The first kappa shape index (κ1) is 28.7. The number of benzene rings is 3. The Hall–Kier alpha value is -3.84. The Morgan fingerprint density at radius 2 is 1.63 bits per heavy atom. The van der Waals surface area contributed by atoms with Crippen LogP contribution < -0.4 is 10.2 Å². The summed E-state index contributed by atoms with van der Waals surface area (Å²) in [7, 11) is 0. The molecule has 3 aromatic carbocycles. The van der Waals surface area contributed by atoms with Crippen LogP contribution >= 0.6 is 0 Å². The van der Waals surface area contributed by atoms with Gasteiger partial charge in [-0.2, -0.15) is 18.4 Å². The number of likely N-dealkylation sites (tertiary alicyclic amines) is 1. The van der Waals surface area contributed by atoms with Crippen molar-refractivity contribution in [1.82, 2.24) is 9.80 Å². The summed E-state index contributed by atoms with van der Waals surface area (Å²) >= 11 is 0. The molecule has 3 aromatic rings. The third kappa shape index (κ3) is 7.09. The normalized spacial score (nSPS) is 17.0. The van der Waals surface area contributed by atoms with E-state index < -0.39 is 17.3 Å². The van der Waals surface area contributed by atoms with Gasteiger partial charge in [0.25, 0.3) is 0 Å². The minimum Gasteiger partial charge on any atom is -0.382 e. The Kier molecular flexibility index (Phi) is 8.64. The molecule has 5 rings (SSSR count). The van der Waals surface area contributed by atoms with Crippen LogP contribution in [0, 0.1) is 17.1 Å². The topological polar surface area (TPSA) is 62.6 Å². The Morgan fingerprint density at radius 3 is 2.34 bits per heavy atom. The number of halogens is 4. The van der Waals surface area contributed by atoms with E-state index in [2.05, 4.69) is 21.2 Å². The number of piperidine rings is 1. The zero-order valence-corrected chi connectivity index (χ0v) is 22.8. The van der Waals surface area contributed by atoms with Crippen molar-refractivity contribution in [1.29, 1.82) is 5.26 Å². The Balaban J connectivity index is 1.02. The van der Waals surface area contributed by atoms with Gasteiger partial charge >= 0.3 is 6.18 Å². The van der Waals surface area contributed by atoms with Gasteiger partial charge in [-0.1, -0.05) is 12.1 Å². The van der Waals surface area contributed by atoms with E-state index >= 15 is 0 Å². The van der Waals surface area contributed by atoms with Gasteiger partial charge < -0.3 is 15.1 Å². The van der Waals surface area contributed by atoms with Gasteiger partial charge in [-0.15, -0.1) is 0 Å². The van der Waals surface area contributed by atoms with Crippen molar-refractivity contribution in [2.24, 2.45) is 0 Å². The van der Waals surface area contributed by atoms with E-state index in [1.165, 1.54) is 18.2 Å². The fourth-order valence-electron chi connectivity index (χ4n) is 5.72. The molecule has 2 saturated heterocycles. The maximum Gasteiger partial charge on any atom is 0.417 e. The quantitative estimate of drug-likeness (QED) is 0.362. The lowest BCUT2D eigenvalue weighted by molar-refractivity contribution is -0.137. The molecular formula is C31H33F4N5O. The highest BCUT2D eigenvalue weighted by molar-refractivity contribution is 5.86. The number of amides is 1. The molecule has 1 amide bonds. The van der Waals surface area contributed by atoms with Gasteiger partial charge in [-0.3, -0.25) is 9.69 Å². The molecule has 2 fully saturated rings. The molecule has 10 heteroatoms. The summed E-state index contributed by atoms with van der Waals surface area (Å²) in [5.41, 5.74) is 0.133. The molecule has 2 heterocycles. The van der Waals surface area contributed by atoms with Gasteiger partial charge in [0.2, 0.25) is 5.91 Å². The molecule has 0 radical (unpaired) electrons. The molecule has 2 aliphatic rings. The highest BCUT2D eigenvalue weighted by atomic mass is 19.4. The molecule has 0 aliphatic carbocycles. The second-order valence-electron chi connectivity index (χ2n) is 10.8. The van der Waals surface area contributed by atoms with Gasteiger partial charge in [0.15, 0.2) is 0 Å². The molecular weight excluding hydrogens is 534 g/mol. The first-order valence-corrected chi connectivity index (χ1v) is 14.0. The number of carbonyl (C=O) groups is 1. The maximum atomic E-state index is 13.5. The number of nitriles is 1. The number of alkyl halides is 3. The van der Waals surface area contributed by atoms with Crippen molar-refractivity contribution in [2.75, 3.05) is 56.0 Å². The molecule has 0 spiro atoms. The molecule has 0 atom stereocenters. The van der Waals surface area contributed by atoms with Crippen molar-refractivity contribution >= 4 is 28.1 Å². The minimum atomic E-state index is -4.59. The fraction of sp³-hybridized carbons (Fsp3) is 0.419. The molecule has 0 unspecified atom stereocenters. The standard InChI is InChI=1S/C31H33F4N5O/c32-25-6-3-23-19-28(8-5-22(23)18-25)39-16-14-38(15-17-39)11-1-2-30(41)40-12-9-26(10-13-40)37-27-7-4-24(21-36)29(20-27)31(33,34)35/h3-8,18-20,26,37H,1-2,9-17H2. The molecule has 0 aromatic heterocycles. The molecule has 1 N–H and O–H groups in total. The highest BCUT2D eigenvalue weighted by Crippen LogP contribution is 2.34. The van der Waals surface area contributed by atoms with E-state index in [1.54, 1.807) is 12.1 Å². The molecule has 41 heavy (non-hydrogen) atoms. The summed E-state index contributed by atoms with van der Waals surface area (Å²) < 4.78 is 53.2. The second kappa shape index (κ2) is 12.4. The molecule has 0 saturated carbocycles. The van der Waals surface area contributed by atoms with E-state index in [0.717, 1.165) is 61.7 Å². The largest absolute Gasteiger partial charge is 0.417 e. The second-order valence-corrected chi connectivity index (χ2v) is 10.8. The van der Waals surface area contributed by atoms with E-state index in [0.29, 0.717) is 38.0 Å². The Bertz CT molecular complexity index is 1420. The van der Waals surface area contributed by atoms with Crippen LogP contribution in [0.3, 0.4) is 0 Å². The third-order valence-corrected chi connectivity index (χ3v) is 8.05. The number of carbonyl (C=O) groups excluding carboxylic acids is 1. The van der Waals surface area contributed by atoms with Gasteiger partial charge in [0, 0.05) is 63.1 Å². The van der Waals surface area contributed by atoms with Crippen molar-refractivity contribution in [2.45, 2.75) is 37.9 Å². The molecule has 6 nitrogen and oxygen atoms in total. The van der Waals surface area contributed by atoms with Crippen LogP contribution in [-0.2, 0) is 11.0 Å². The number of nitrogens with one attached hydrogen (secondary N) is 1. The van der Waals surface area contributed by atoms with Crippen LogP contribution in [0.4, 0.5) is 28.9 Å². The van der Waals surface area contributed by atoms with Crippen LogP contribution in [0.25, 0.3) is 10.8 Å². The van der Waals surface area contributed by atoms with Crippen LogP contribution in [0.2, 0.25) is 0 Å². The lowest BCUT2D eigenvalue weighted by atomic mass is 10.0. The SMILES string of the molecule is N#Cc1ccc(NC2CCN(C(=O)CCCN3CCN(c4ccc5cc(F)ccc5c4)CC3)CC2)cc1C(F)(F)F. The van der Waals surface area contributed by atoms with Gasteiger partial charge in [-0.05, 0) is 79.0 Å². The summed E-state index contributed by atoms with van der Waals surface area (Å²) in [6, 6.07) is 16.2. The zero-order chi connectivity index (χ0) is 29.0. The van der Waals surface area contributed by atoms with E-state index in [-0.39, 0.29) is 17.8 Å². The number of fused-ring (bicyclic) bond motifs is 1. The van der Waals surface area contributed by atoms with Crippen molar-refractivity contribution in [3.63, 3.8) is 0 Å². The van der Waals surface area contributed by atoms with Crippen molar-refractivity contribution < 1.29 is 22.4 Å². The molecule has 216 valence electrons. The average molecular weight is 568 g/mol. The van der Waals surface area contributed by atoms with Gasteiger partial charge in [0.1, 0.15) is 5.82 Å². The number of hydrogen-bond acceptors (Lipinski definition) is 5. The van der Waals surface area contributed by atoms with E-state index in [4.69, 9.17) is 5.26 Å². The summed E-state index contributed by atoms with van der Waals surface area (Å²) in [6.45, 7) is 5.60. The van der Waals surface area contributed by atoms with Crippen LogP contribution in [0.15, 0.2) is 54.6 Å². The third-order valence-electron chi connectivity index (χ3n) is 8.05. The summed E-state index contributed by atoms with van der Waals surface area (Å²) in [5, 5.41) is 14.0. The number of hydrogen-bond donors (Lipinski definition) is 1. The predicted molar refractivity (Wildman–Crippen MR) is 151 cm³/mol. The minimum absolute atomic E-state index is 0.0341. The fourth-order valence-corrected chi connectivity index (χ4v) is 5.72. The van der Waals surface area contributed by atoms with Crippen molar-refractivity contribution in [3.05, 3.63) is 71.5 Å². The number of piperazine rings is 1. The van der Waals surface area contributed by atoms with Crippen LogP contribution in [0.1, 0.15) is 36.8 Å². The van der Waals surface area contributed by atoms with Crippen molar-refractivity contribution in [3.8, 4) is 6.07 Å². The lowest BCUT2D eigenvalue weighted by Gasteiger charge is -2.36. The number of rotatable bonds is 7. The maximum absolute atomic E-state index is 13.5. The highest BCUT2D eigenvalue weighted by Gasteiger charge is 2.34. The molecule has 2 aliphatic heterocycles. The number of nitrogens with zero attached hydrogens (tertiary/aromatic N) is 4. The van der Waals surface area contributed by atoms with Gasteiger partial charge in [-0.25, -0.2) is 4.39 Å².